The van der Waals surface area contributed by atoms with Crippen LogP contribution in [0.5, 0.6) is 0 Å². The summed E-state index contributed by atoms with van der Waals surface area (Å²) >= 11 is 0. The zero-order valence-electron chi connectivity index (χ0n) is 17.8. The minimum absolute atomic E-state index is 0.0197. The molecular formula is C23H31N3O2. The van der Waals surface area contributed by atoms with E-state index in [1.165, 1.54) is 11.8 Å². The van der Waals surface area contributed by atoms with Crippen molar-refractivity contribution in [3.05, 3.63) is 53.1 Å². The van der Waals surface area contributed by atoms with Crippen LogP contribution >= 0.6 is 0 Å². The van der Waals surface area contributed by atoms with Crippen molar-refractivity contribution in [2.45, 2.75) is 41.5 Å². The number of carbonyl (C=O) groups is 2. The van der Waals surface area contributed by atoms with Gasteiger partial charge in [-0.3, -0.25) is 9.59 Å². The summed E-state index contributed by atoms with van der Waals surface area (Å²) in [7, 11) is 0. The number of benzene rings is 2. The number of anilines is 3. The third-order valence-electron chi connectivity index (χ3n) is 4.95. The summed E-state index contributed by atoms with van der Waals surface area (Å²) in [6, 6.07) is 11.9. The highest BCUT2D eigenvalue weighted by molar-refractivity contribution is 6.02. The lowest BCUT2D eigenvalue weighted by Gasteiger charge is -2.26. The summed E-state index contributed by atoms with van der Waals surface area (Å²) in [4.78, 5) is 28.7. The maximum atomic E-state index is 12.6. The van der Waals surface area contributed by atoms with Gasteiger partial charge in [0.05, 0.1) is 0 Å². The van der Waals surface area contributed by atoms with Gasteiger partial charge in [0.1, 0.15) is 6.54 Å². The fourth-order valence-electron chi connectivity index (χ4n) is 3.30. The number of aryl methyl sites for hydroxylation is 3. The van der Waals surface area contributed by atoms with Crippen LogP contribution < -0.4 is 15.1 Å². The summed E-state index contributed by atoms with van der Waals surface area (Å²) in [5, 5.41) is 2.93. The molecule has 0 aromatic heterocycles. The largest absolute Gasteiger partial charge is 0.372 e. The normalized spacial score (nSPS) is 10.5. The smallest absolute Gasteiger partial charge is 0.244 e. The standard InChI is InChI=1S/C23H31N3O2/c1-7-25(8-2)20-11-12-22(18(5)14-20)26(19(6)27)15-23(28)24-21-13-16(3)9-10-17(21)4/h9-14H,7-8,15H2,1-6H3,(H,24,28). The monoisotopic (exact) mass is 381 g/mol. The predicted molar refractivity (Wildman–Crippen MR) is 117 cm³/mol. The second kappa shape index (κ2) is 9.40. The van der Waals surface area contributed by atoms with Gasteiger partial charge in [-0.1, -0.05) is 12.1 Å². The Hall–Kier alpha value is -2.82. The lowest BCUT2D eigenvalue weighted by Crippen LogP contribution is -2.37. The molecule has 0 saturated carbocycles. The molecule has 0 radical (unpaired) electrons. The van der Waals surface area contributed by atoms with Gasteiger partial charge < -0.3 is 15.1 Å². The summed E-state index contributed by atoms with van der Waals surface area (Å²) in [5.41, 5.74) is 5.70. The Morgan fingerprint density at radius 2 is 1.61 bits per heavy atom. The maximum Gasteiger partial charge on any atom is 0.244 e. The van der Waals surface area contributed by atoms with Gasteiger partial charge in [0.2, 0.25) is 11.8 Å². The number of hydrogen-bond acceptors (Lipinski definition) is 3. The molecule has 1 N–H and O–H groups in total. The molecule has 0 spiro atoms. The average Bonchev–Trinajstić information content (AvgIpc) is 2.64. The van der Waals surface area contributed by atoms with Crippen molar-refractivity contribution < 1.29 is 9.59 Å². The molecule has 150 valence electrons. The van der Waals surface area contributed by atoms with E-state index < -0.39 is 0 Å². The van der Waals surface area contributed by atoms with E-state index in [9.17, 15) is 9.59 Å². The Morgan fingerprint density at radius 1 is 0.929 bits per heavy atom. The fourth-order valence-corrected chi connectivity index (χ4v) is 3.30. The van der Waals surface area contributed by atoms with Crippen molar-refractivity contribution in [2.75, 3.05) is 34.8 Å². The number of nitrogens with zero attached hydrogens (tertiary/aromatic N) is 2. The Kier molecular flexibility index (Phi) is 7.21. The topological polar surface area (TPSA) is 52.6 Å². The quantitative estimate of drug-likeness (QED) is 0.771. The third-order valence-corrected chi connectivity index (χ3v) is 4.95. The van der Waals surface area contributed by atoms with Crippen molar-refractivity contribution >= 4 is 28.9 Å². The van der Waals surface area contributed by atoms with E-state index in [0.717, 1.165) is 46.8 Å². The first-order chi connectivity index (χ1) is 13.3. The molecule has 0 aliphatic heterocycles. The van der Waals surface area contributed by atoms with Crippen LogP contribution in [0.15, 0.2) is 36.4 Å². The van der Waals surface area contributed by atoms with Crippen LogP contribution in [0, 0.1) is 20.8 Å². The van der Waals surface area contributed by atoms with Crippen LogP contribution in [0.25, 0.3) is 0 Å². The zero-order chi connectivity index (χ0) is 20.8. The number of hydrogen-bond donors (Lipinski definition) is 1. The molecule has 0 unspecified atom stereocenters. The molecule has 2 aromatic carbocycles. The van der Waals surface area contributed by atoms with Gasteiger partial charge in [-0.15, -0.1) is 0 Å². The first-order valence-electron chi connectivity index (χ1n) is 9.77. The van der Waals surface area contributed by atoms with E-state index in [1.54, 1.807) is 0 Å². The molecule has 0 aliphatic carbocycles. The molecule has 0 bridgehead atoms. The van der Waals surface area contributed by atoms with E-state index in [-0.39, 0.29) is 18.4 Å². The second-order valence-corrected chi connectivity index (χ2v) is 7.11. The lowest BCUT2D eigenvalue weighted by atomic mass is 10.1. The highest BCUT2D eigenvalue weighted by atomic mass is 16.2. The minimum Gasteiger partial charge on any atom is -0.372 e. The second-order valence-electron chi connectivity index (χ2n) is 7.11. The highest BCUT2D eigenvalue weighted by Crippen LogP contribution is 2.26. The molecule has 0 atom stereocenters. The minimum atomic E-state index is -0.212. The van der Waals surface area contributed by atoms with Crippen LogP contribution in [0.4, 0.5) is 17.1 Å². The first-order valence-corrected chi connectivity index (χ1v) is 9.77. The molecule has 0 aliphatic rings. The molecule has 0 heterocycles. The number of amides is 2. The first kappa shape index (κ1) is 21.5. The Bertz CT molecular complexity index is 857. The van der Waals surface area contributed by atoms with Crippen LogP contribution in [0.1, 0.15) is 37.5 Å². The van der Waals surface area contributed by atoms with Gasteiger partial charge >= 0.3 is 0 Å². The molecule has 2 rings (SSSR count). The summed E-state index contributed by atoms with van der Waals surface area (Å²) < 4.78 is 0. The van der Waals surface area contributed by atoms with Crippen molar-refractivity contribution in [3.63, 3.8) is 0 Å². The molecule has 2 aromatic rings. The van der Waals surface area contributed by atoms with Gasteiger partial charge in [-0.25, -0.2) is 0 Å². The van der Waals surface area contributed by atoms with Crippen molar-refractivity contribution in [2.24, 2.45) is 0 Å². The van der Waals surface area contributed by atoms with E-state index >= 15 is 0 Å². The van der Waals surface area contributed by atoms with Gasteiger partial charge in [0, 0.05) is 37.1 Å². The molecule has 28 heavy (non-hydrogen) atoms. The third kappa shape index (κ3) is 5.12. The summed E-state index contributed by atoms with van der Waals surface area (Å²) in [6.07, 6.45) is 0. The van der Waals surface area contributed by atoms with Gasteiger partial charge in [0.15, 0.2) is 0 Å². The lowest BCUT2D eigenvalue weighted by molar-refractivity contribution is -0.120. The van der Waals surface area contributed by atoms with E-state index in [2.05, 4.69) is 30.1 Å². The van der Waals surface area contributed by atoms with Crippen molar-refractivity contribution in [1.29, 1.82) is 0 Å². The van der Waals surface area contributed by atoms with Crippen molar-refractivity contribution in [1.82, 2.24) is 0 Å². The summed E-state index contributed by atoms with van der Waals surface area (Å²) in [6.45, 7) is 13.5. The van der Waals surface area contributed by atoms with E-state index in [1.807, 2.05) is 51.1 Å². The average molecular weight is 382 g/mol. The highest BCUT2D eigenvalue weighted by Gasteiger charge is 2.19. The van der Waals surface area contributed by atoms with E-state index in [4.69, 9.17) is 0 Å². The molecule has 2 amide bonds. The van der Waals surface area contributed by atoms with Crippen LogP contribution in [-0.4, -0.2) is 31.4 Å². The number of carbonyl (C=O) groups excluding carboxylic acids is 2. The predicted octanol–water partition coefficient (Wildman–Crippen LogP) is 4.45. The molecule has 0 fully saturated rings. The van der Waals surface area contributed by atoms with Crippen LogP contribution in [0.2, 0.25) is 0 Å². The molecular weight excluding hydrogens is 350 g/mol. The zero-order valence-corrected chi connectivity index (χ0v) is 17.8. The molecule has 5 nitrogen and oxygen atoms in total. The van der Waals surface area contributed by atoms with Gasteiger partial charge in [-0.2, -0.15) is 0 Å². The number of nitrogens with one attached hydrogen (secondary N) is 1. The Labute approximate surface area is 168 Å². The Morgan fingerprint density at radius 3 is 2.18 bits per heavy atom. The SMILES string of the molecule is CCN(CC)c1ccc(N(CC(=O)Nc2cc(C)ccc2C)C(C)=O)c(C)c1. The van der Waals surface area contributed by atoms with Gasteiger partial charge in [0.25, 0.3) is 0 Å². The van der Waals surface area contributed by atoms with Crippen LogP contribution in [-0.2, 0) is 9.59 Å². The Balaban J connectivity index is 2.22. The maximum absolute atomic E-state index is 12.6. The van der Waals surface area contributed by atoms with E-state index in [0.29, 0.717) is 0 Å². The number of rotatable bonds is 7. The fraction of sp³-hybridized carbons (Fsp3) is 0.391. The van der Waals surface area contributed by atoms with Gasteiger partial charge in [-0.05, 0) is 75.6 Å². The van der Waals surface area contributed by atoms with Crippen LogP contribution in [0.3, 0.4) is 0 Å². The molecule has 5 heteroatoms. The van der Waals surface area contributed by atoms with Crippen molar-refractivity contribution in [3.8, 4) is 0 Å². The summed E-state index contributed by atoms with van der Waals surface area (Å²) in [5.74, 6) is -0.370. The molecule has 0 saturated heterocycles.